The Morgan fingerprint density at radius 3 is 2.55 bits per heavy atom. The van der Waals surface area contributed by atoms with E-state index in [0.29, 0.717) is 5.75 Å². The molecule has 1 aromatic heterocycles. The summed E-state index contributed by atoms with van der Waals surface area (Å²) in [6.45, 7) is -0.0290. The Hall–Kier alpha value is -2.49. The van der Waals surface area contributed by atoms with E-state index >= 15 is 0 Å². The molecule has 0 unspecified atom stereocenters. The molecule has 0 radical (unpaired) electrons. The molecule has 0 aliphatic heterocycles. The average molecular weight is 460 g/mol. The molecule has 0 amide bonds. The molecule has 1 heterocycles. The van der Waals surface area contributed by atoms with Crippen LogP contribution < -0.4 is 14.2 Å². The van der Waals surface area contributed by atoms with Crippen LogP contribution >= 0.6 is 23.2 Å². The lowest BCUT2D eigenvalue weighted by Crippen LogP contribution is -2.15. The van der Waals surface area contributed by atoms with Crippen LogP contribution in [0.3, 0.4) is 0 Å². The molecule has 29 heavy (non-hydrogen) atoms. The minimum Gasteiger partial charge on any atom is -0.497 e. The highest BCUT2D eigenvalue weighted by Gasteiger charge is 2.23. The highest BCUT2D eigenvalue weighted by Crippen LogP contribution is 2.31. The number of halogens is 3. The van der Waals surface area contributed by atoms with Crippen molar-refractivity contribution >= 4 is 39.0 Å². The molecule has 3 rings (SSSR count). The summed E-state index contributed by atoms with van der Waals surface area (Å²) in [5.74, 6) is -0.0957. The minimum atomic E-state index is -4.07. The summed E-state index contributed by atoms with van der Waals surface area (Å²) in [6.07, 6.45) is 1.37. The first-order chi connectivity index (χ1) is 13.7. The quantitative estimate of drug-likeness (QED) is 0.572. The summed E-state index contributed by atoms with van der Waals surface area (Å²) in [4.78, 5) is -0.122. The van der Waals surface area contributed by atoms with Crippen molar-refractivity contribution in [3.05, 3.63) is 64.0 Å². The zero-order valence-corrected chi connectivity index (χ0v) is 17.6. The molecule has 154 valence electrons. The van der Waals surface area contributed by atoms with Crippen molar-refractivity contribution in [2.45, 2.75) is 11.4 Å². The predicted molar refractivity (Wildman–Crippen MR) is 108 cm³/mol. The van der Waals surface area contributed by atoms with Crippen molar-refractivity contribution in [3.63, 3.8) is 0 Å². The monoisotopic (exact) mass is 459 g/mol. The van der Waals surface area contributed by atoms with Gasteiger partial charge in [0, 0.05) is 22.8 Å². The van der Waals surface area contributed by atoms with E-state index in [-0.39, 0.29) is 38.6 Å². The van der Waals surface area contributed by atoms with Gasteiger partial charge >= 0.3 is 0 Å². The maximum atomic E-state index is 14.0. The van der Waals surface area contributed by atoms with Crippen LogP contribution in [-0.4, -0.2) is 32.4 Å². The van der Waals surface area contributed by atoms with Crippen molar-refractivity contribution in [2.75, 3.05) is 18.9 Å². The van der Waals surface area contributed by atoms with Crippen molar-refractivity contribution in [2.24, 2.45) is 0 Å². The fourth-order valence-electron chi connectivity index (χ4n) is 2.57. The largest absolute Gasteiger partial charge is 0.497 e. The molecule has 1 N–H and O–H groups in total. The average Bonchev–Trinajstić information content (AvgIpc) is 3.02. The second kappa shape index (κ2) is 8.48. The lowest BCUT2D eigenvalue weighted by molar-refractivity contribution is 0.386. The molecular formula is C18H16Cl2FN3O4S. The number of nitrogens with zero attached hydrogens (tertiary/aromatic N) is 2. The molecule has 0 saturated carbocycles. The first-order valence-electron chi connectivity index (χ1n) is 8.16. The number of aromatic nitrogens is 2. The van der Waals surface area contributed by atoms with E-state index in [4.69, 9.17) is 32.7 Å². The van der Waals surface area contributed by atoms with Crippen LogP contribution in [0.4, 0.5) is 10.2 Å². The van der Waals surface area contributed by atoms with Crippen LogP contribution in [0.25, 0.3) is 0 Å². The molecule has 11 heteroatoms. The predicted octanol–water partition coefficient (Wildman–Crippen LogP) is 4.20. The fraction of sp³-hybridized carbons (Fsp3) is 0.167. The van der Waals surface area contributed by atoms with E-state index < -0.39 is 15.8 Å². The number of ether oxygens (including phenoxy) is 2. The molecule has 3 aromatic rings. The third-order valence-corrected chi connectivity index (χ3v) is 6.00. The van der Waals surface area contributed by atoms with Gasteiger partial charge in [0.05, 0.1) is 20.8 Å². The summed E-state index contributed by atoms with van der Waals surface area (Å²) in [7, 11) is -1.28. The topological polar surface area (TPSA) is 82.5 Å². The Morgan fingerprint density at radius 1 is 1.14 bits per heavy atom. The van der Waals surface area contributed by atoms with Gasteiger partial charge in [-0.05, 0) is 24.3 Å². The number of sulfonamides is 1. The summed E-state index contributed by atoms with van der Waals surface area (Å²) in [5, 5.41) is 4.35. The van der Waals surface area contributed by atoms with E-state index in [0.717, 1.165) is 0 Å². The summed E-state index contributed by atoms with van der Waals surface area (Å²) in [5.41, 5.74) is 0.208. The first kappa shape index (κ1) is 21.2. The third kappa shape index (κ3) is 4.58. The summed E-state index contributed by atoms with van der Waals surface area (Å²) in [6, 6.07) is 8.56. The molecule has 0 fully saturated rings. The van der Waals surface area contributed by atoms with Crippen LogP contribution in [0.5, 0.6) is 11.5 Å². The molecule has 0 aliphatic rings. The van der Waals surface area contributed by atoms with E-state index in [2.05, 4.69) is 9.82 Å². The Bertz CT molecular complexity index is 1130. The van der Waals surface area contributed by atoms with Crippen LogP contribution in [-0.2, 0) is 16.6 Å². The van der Waals surface area contributed by atoms with Crippen LogP contribution in [0.15, 0.2) is 47.5 Å². The van der Waals surface area contributed by atoms with E-state index in [1.54, 1.807) is 6.07 Å². The normalized spacial score (nSPS) is 11.3. The number of hydrogen-bond acceptors (Lipinski definition) is 5. The molecular weight excluding hydrogens is 444 g/mol. The van der Waals surface area contributed by atoms with Gasteiger partial charge in [0.15, 0.2) is 5.82 Å². The second-order valence-electron chi connectivity index (χ2n) is 5.85. The molecule has 0 saturated heterocycles. The molecule has 0 spiro atoms. The number of benzene rings is 2. The van der Waals surface area contributed by atoms with Gasteiger partial charge in [0.1, 0.15) is 27.2 Å². The van der Waals surface area contributed by atoms with Crippen molar-refractivity contribution in [3.8, 4) is 11.5 Å². The van der Waals surface area contributed by atoms with Crippen LogP contribution in [0.2, 0.25) is 10.0 Å². The Labute approximate surface area is 177 Å². The lowest BCUT2D eigenvalue weighted by atomic mass is 10.2. The molecule has 0 aliphatic carbocycles. The Kier molecular flexibility index (Phi) is 6.21. The van der Waals surface area contributed by atoms with Gasteiger partial charge in [-0.25, -0.2) is 12.8 Å². The van der Waals surface area contributed by atoms with Crippen LogP contribution in [0.1, 0.15) is 5.56 Å². The standard InChI is InChI=1S/C18H16Cl2FN3O4S/c1-27-11-6-7-17(16(8-11)28-2)29(25,26)23-18-14(20)10-24(22-18)9-12-13(19)4-3-5-15(12)21/h3-8,10H,9H2,1-2H3,(H,22,23). The van der Waals surface area contributed by atoms with Crippen molar-refractivity contribution in [1.29, 1.82) is 0 Å². The highest BCUT2D eigenvalue weighted by atomic mass is 35.5. The van der Waals surface area contributed by atoms with Gasteiger partial charge in [0.2, 0.25) is 0 Å². The van der Waals surface area contributed by atoms with Gasteiger partial charge in [0.25, 0.3) is 10.0 Å². The summed E-state index contributed by atoms with van der Waals surface area (Å²) >= 11 is 12.1. The van der Waals surface area contributed by atoms with Gasteiger partial charge in [-0.2, -0.15) is 5.10 Å². The fourth-order valence-corrected chi connectivity index (χ4v) is 4.22. The summed E-state index contributed by atoms with van der Waals surface area (Å²) < 4.78 is 53.4. The van der Waals surface area contributed by atoms with E-state index in [9.17, 15) is 12.8 Å². The number of rotatable bonds is 7. The SMILES string of the molecule is COc1ccc(S(=O)(=O)Nc2nn(Cc3c(F)cccc3Cl)cc2Cl)c(OC)c1. The zero-order chi connectivity index (χ0) is 21.2. The van der Waals surface area contributed by atoms with E-state index in [1.165, 1.54) is 55.4 Å². The van der Waals surface area contributed by atoms with Gasteiger partial charge in [-0.1, -0.05) is 29.3 Å². The lowest BCUT2D eigenvalue weighted by Gasteiger charge is -2.11. The van der Waals surface area contributed by atoms with E-state index in [1.807, 2.05) is 0 Å². The van der Waals surface area contributed by atoms with Gasteiger partial charge < -0.3 is 9.47 Å². The van der Waals surface area contributed by atoms with Gasteiger partial charge in [-0.3, -0.25) is 9.40 Å². The smallest absolute Gasteiger partial charge is 0.266 e. The highest BCUT2D eigenvalue weighted by molar-refractivity contribution is 7.92. The Morgan fingerprint density at radius 2 is 1.90 bits per heavy atom. The Balaban J connectivity index is 1.89. The second-order valence-corrected chi connectivity index (χ2v) is 8.31. The van der Waals surface area contributed by atoms with Crippen LogP contribution in [0, 0.1) is 5.82 Å². The first-order valence-corrected chi connectivity index (χ1v) is 10.4. The molecule has 2 aromatic carbocycles. The number of nitrogens with one attached hydrogen (secondary N) is 1. The van der Waals surface area contributed by atoms with Crippen molar-refractivity contribution in [1.82, 2.24) is 9.78 Å². The van der Waals surface area contributed by atoms with Crippen molar-refractivity contribution < 1.29 is 22.3 Å². The molecule has 7 nitrogen and oxygen atoms in total. The maximum Gasteiger partial charge on any atom is 0.266 e. The molecule has 0 bridgehead atoms. The number of anilines is 1. The number of methoxy groups -OCH3 is 2. The molecule has 0 atom stereocenters. The number of hydrogen-bond donors (Lipinski definition) is 1. The third-order valence-electron chi connectivity index (χ3n) is 3.99. The maximum absolute atomic E-state index is 14.0. The zero-order valence-electron chi connectivity index (χ0n) is 15.3. The minimum absolute atomic E-state index is 0.0290. The van der Waals surface area contributed by atoms with Gasteiger partial charge in [-0.15, -0.1) is 0 Å².